The molecule has 2 aliphatic rings. The molecule has 0 radical (unpaired) electrons. The van der Waals surface area contributed by atoms with Gasteiger partial charge in [0, 0.05) is 38.4 Å². The van der Waals surface area contributed by atoms with E-state index in [0.29, 0.717) is 24.7 Å². The zero-order valence-corrected chi connectivity index (χ0v) is 10.3. The number of nitrogens with one attached hydrogen (secondary N) is 1. The molecule has 1 aromatic heterocycles. The third-order valence-electron chi connectivity index (χ3n) is 3.55. The molecular formula is C13H17N3O2. The van der Waals surface area contributed by atoms with Crippen LogP contribution >= 0.6 is 0 Å². The highest BCUT2D eigenvalue weighted by atomic mass is 16.2. The third kappa shape index (κ3) is 2.06. The summed E-state index contributed by atoms with van der Waals surface area (Å²) in [6.45, 7) is 2.96. The molecule has 0 atom stereocenters. The monoisotopic (exact) mass is 247 g/mol. The molecule has 1 N–H and O–H groups in total. The van der Waals surface area contributed by atoms with Crippen molar-refractivity contribution in [3.05, 3.63) is 34.2 Å². The van der Waals surface area contributed by atoms with Gasteiger partial charge < -0.3 is 14.8 Å². The number of amides is 1. The summed E-state index contributed by atoms with van der Waals surface area (Å²) in [5.41, 5.74) is 0.176. The van der Waals surface area contributed by atoms with E-state index in [0.717, 1.165) is 25.9 Å². The van der Waals surface area contributed by atoms with E-state index >= 15 is 0 Å². The second-order valence-corrected chi connectivity index (χ2v) is 4.91. The molecule has 1 aliphatic heterocycles. The Morgan fingerprint density at radius 1 is 1.28 bits per heavy atom. The molecule has 0 spiro atoms. The molecule has 0 bridgehead atoms. The molecule has 1 amide bonds. The Labute approximate surface area is 105 Å². The average molecular weight is 247 g/mol. The van der Waals surface area contributed by atoms with Crippen molar-refractivity contribution in [2.75, 3.05) is 26.2 Å². The van der Waals surface area contributed by atoms with Crippen LogP contribution in [0.2, 0.25) is 0 Å². The van der Waals surface area contributed by atoms with Crippen LogP contribution in [0.25, 0.3) is 0 Å². The summed E-state index contributed by atoms with van der Waals surface area (Å²) in [6.07, 6.45) is 3.88. The number of hydrogen-bond donors (Lipinski definition) is 1. The molecule has 2 fully saturated rings. The van der Waals surface area contributed by atoms with E-state index in [1.165, 1.54) is 0 Å². The Hall–Kier alpha value is -1.62. The van der Waals surface area contributed by atoms with Gasteiger partial charge in [-0.05, 0) is 25.0 Å². The second-order valence-electron chi connectivity index (χ2n) is 4.91. The van der Waals surface area contributed by atoms with Crippen molar-refractivity contribution >= 4 is 5.91 Å². The van der Waals surface area contributed by atoms with Gasteiger partial charge in [0.15, 0.2) is 0 Å². The van der Waals surface area contributed by atoms with Crippen LogP contribution in [0.15, 0.2) is 23.1 Å². The normalized spacial score (nSPS) is 19.9. The molecule has 1 saturated heterocycles. The van der Waals surface area contributed by atoms with Gasteiger partial charge in [-0.15, -0.1) is 0 Å². The van der Waals surface area contributed by atoms with E-state index < -0.39 is 0 Å². The largest absolute Gasteiger partial charge is 0.336 e. The first-order chi connectivity index (χ1) is 8.77. The molecule has 3 rings (SSSR count). The number of carbonyl (C=O) groups excluding carboxylic acids is 1. The minimum atomic E-state index is -0.136. The van der Waals surface area contributed by atoms with Gasteiger partial charge in [-0.3, -0.25) is 9.59 Å². The van der Waals surface area contributed by atoms with Crippen molar-refractivity contribution in [2.45, 2.75) is 18.9 Å². The molecule has 96 valence electrons. The maximum atomic E-state index is 12.3. The van der Waals surface area contributed by atoms with E-state index in [4.69, 9.17) is 0 Å². The van der Waals surface area contributed by atoms with Crippen LogP contribution in [0.5, 0.6) is 0 Å². The topological polar surface area (TPSA) is 54.3 Å². The average Bonchev–Trinajstić information content (AvgIpc) is 3.24. The van der Waals surface area contributed by atoms with Gasteiger partial charge in [-0.1, -0.05) is 0 Å². The number of rotatable bonds is 2. The van der Waals surface area contributed by atoms with Crippen LogP contribution in [0.3, 0.4) is 0 Å². The second kappa shape index (κ2) is 4.57. The van der Waals surface area contributed by atoms with Gasteiger partial charge >= 0.3 is 0 Å². The summed E-state index contributed by atoms with van der Waals surface area (Å²) in [5.74, 6) is -0.128. The van der Waals surface area contributed by atoms with Crippen molar-refractivity contribution in [3.63, 3.8) is 0 Å². The lowest BCUT2D eigenvalue weighted by Crippen LogP contribution is -2.47. The van der Waals surface area contributed by atoms with Gasteiger partial charge in [0.1, 0.15) is 5.56 Å². The summed E-state index contributed by atoms with van der Waals surface area (Å²) in [4.78, 5) is 26.3. The van der Waals surface area contributed by atoms with E-state index in [1.54, 1.807) is 27.8 Å². The van der Waals surface area contributed by atoms with Gasteiger partial charge in [0.05, 0.1) is 0 Å². The summed E-state index contributed by atoms with van der Waals surface area (Å²) >= 11 is 0. The molecule has 2 heterocycles. The minimum absolute atomic E-state index is 0.128. The zero-order valence-electron chi connectivity index (χ0n) is 10.3. The Bertz CT molecular complexity index is 513. The number of pyridine rings is 1. The maximum absolute atomic E-state index is 12.3. The summed E-state index contributed by atoms with van der Waals surface area (Å²) in [7, 11) is 0. The number of aromatic nitrogens is 1. The number of hydrogen-bond acceptors (Lipinski definition) is 3. The fraction of sp³-hybridized carbons (Fsp3) is 0.538. The van der Waals surface area contributed by atoms with Crippen molar-refractivity contribution in [1.82, 2.24) is 14.8 Å². The van der Waals surface area contributed by atoms with Gasteiger partial charge in [0.2, 0.25) is 0 Å². The SMILES string of the molecule is O=C(c1cccn(C2CC2)c1=O)N1CCNCC1. The van der Waals surface area contributed by atoms with Crippen LogP contribution in [0.1, 0.15) is 29.2 Å². The minimum Gasteiger partial charge on any atom is -0.336 e. The lowest BCUT2D eigenvalue weighted by molar-refractivity contribution is 0.0733. The lowest BCUT2D eigenvalue weighted by Gasteiger charge is -2.27. The molecule has 0 unspecified atom stereocenters. The van der Waals surface area contributed by atoms with Crippen molar-refractivity contribution in [1.29, 1.82) is 0 Å². The fourth-order valence-electron chi connectivity index (χ4n) is 2.35. The van der Waals surface area contributed by atoms with Crippen LogP contribution in [-0.4, -0.2) is 41.6 Å². The highest BCUT2D eigenvalue weighted by molar-refractivity contribution is 5.93. The van der Waals surface area contributed by atoms with Crippen LogP contribution in [0.4, 0.5) is 0 Å². The molecule has 1 saturated carbocycles. The van der Waals surface area contributed by atoms with Gasteiger partial charge in [-0.2, -0.15) is 0 Å². The first kappa shape index (κ1) is 11.5. The zero-order chi connectivity index (χ0) is 12.5. The van der Waals surface area contributed by atoms with Crippen LogP contribution < -0.4 is 10.9 Å². The van der Waals surface area contributed by atoms with Crippen molar-refractivity contribution in [2.24, 2.45) is 0 Å². The fourth-order valence-corrected chi connectivity index (χ4v) is 2.35. The third-order valence-corrected chi connectivity index (χ3v) is 3.55. The summed E-state index contributed by atoms with van der Waals surface area (Å²) < 4.78 is 1.70. The first-order valence-corrected chi connectivity index (χ1v) is 6.48. The van der Waals surface area contributed by atoms with Crippen molar-refractivity contribution in [3.8, 4) is 0 Å². The summed E-state index contributed by atoms with van der Waals surface area (Å²) in [5, 5.41) is 3.20. The number of nitrogens with zero attached hydrogens (tertiary/aromatic N) is 2. The Morgan fingerprint density at radius 2 is 2.00 bits per heavy atom. The molecule has 18 heavy (non-hydrogen) atoms. The van der Waals surface area contributed by atoms with Gasteiger partial charge in [-0.25, -0.2) is 0 Å². The van der Waals surface area contributed by atoms with E-state index in [1.807, 2.05) is 0 Å². The number of carbonyl (C=O) groups is 1. The highest BCUT2D eigenvalue weighted by Gasteiger charge is 2.27. The Morgan fingerprint density at radius 3 is 2.67 bits per heavy atom. The molecule has 1 aromatic rings. The lowest BCUT2D eigenvalue weighted by atomic mass is 10.2. The molecular weight excluding hydrogens is 230 g/mol. The van der Waals surface area contributed by atoms with Crippen molar-refractivity contribution < 1.29 is 4.79 Å². The van der Waals surface area contributed by atoms with E-state index in [9.17, 15) is 9.59 Å². The van der Waals surface area contributed by atoms with E-state index in [2.05, 4.69) is 5.32 Å². The molecule has 0 aromatic carbocycles. The van der Waals surface area contributed by atoms with E-state index in [-0.39, 0.29) is 11.5 Å². The first-order valence-electron chi connectivity index (χ1n) is 6.48. The molecule has 5 nitrogen and oxygen atoms in total. The summed E-state index contributed by atoms with van der Waals surface area (Å²) in [6, 6.07) is 3.76. The Kier molecular flexibility index (Phi) is 2.91. The van der Waals surface area contributed by atoms with Crippen LogP contribution in [-0.2, 0) is 0 Å². The Balaban J connectivity index is 1.88. The maximum Gasteiger partial charge on any atom is 0.263 e. The molecule has 1 aliphatic carbocycles. The smallest absolute Gasteiger partial charge is 0.263 e. The standard InChI is InChI=1S/C13H17N3O2/c17-12(15-8-5-14-6-9-15)11-2-1-7-16(13(11)18)10-3-4-10/h1-2,7,10,14H,3-6,8-9H2. The highest BCUT2D eigenvalue weighted by Crippen LogP contribution is 2.33. The number of piperazine rings is 1. The predicted octanol–water partition coefficient (Wildman–Crippen LogP) is 0.229. The quantitative estimate of drug-likeness (QED) is 0.814. The molecule has 5 heteroatoms. The van der Waals surface area contributed by atoms with Crippen LogP contribution in [0, 0.1) is 0 Å². The predicted molar refractivity (Wildman–Crippen MR) is 67.7 cm³/mol. The van der Waals surface area contributed by atoms with Gasteiger partial charge in [0.25, 0.3) is 11.5 Å².